The number of nitrogens with zero attached hydrogens (tertiary/aromatic N) is 3. The van der Waals surface area contributed by atoms with E-state index < -0.39 is 11.9 Å². The van der Waals surface area contributed by atoms with Gasteiger partial charge in [-0.05, 0) is 25.9 Å². The number of nitrogens with one attached hydrogen (secondary N) is 2. The van der Waals surface area contributed by atoms with Crippen LogP contribution in [0.15, 0.2) is 10.4 Å². The van der Waals surface area contributed by atoms with Gasteiger partial charge in [0.2, 0.25) is 0 Å². The van der Waals surface area contributed by atoms with Crippen molar-refractivity contribution in [3.63, 3.8) is 0 Å². The van der Waals surface area contributed by atoms with Gasteiger partial charge in [-0.3, -0.25) is 4.99 Å². The molecule has 0 amide bonds. The number of aromatic nitrogens is 1. The highest BCUT2D eigenvalue weighted by Gasteiger charge is 2.33. The Hall–Kier alpha value is -1.35. The zero-order valence-corrected chi connectivity index (χ0v) is 14.6. The number of halogens is 3. The standard InChI is InChI=1S/C15H24F3N5S/c1-19-14(20-6-9-23-7-4-2-3-5-8-23)21-10-13-22-12(11-24-13)15(16,17)18/h11H,2-10H2,1H3,(H2,19,20,21). The summed E-state index contributed by atoms with van der Waals surface area (Å²) < 4.78 is 37.6. The van der Waals surface area contributed by atoms with Crippen molar-refractivity contribution in [2.24, 2.45) is 4.99 Å². The lowest BCUT2D eigenvalue weighted by Crippen LogP contribution is -2.41. The summed E-state index contributed by atoms with van der Waals surface area (Å²) in [7, 11) is 1.64. The predicted octanol–water partition coefficient (Wildman–Crippen LogP) is 2.70. The third-order valence-corrected chi connectivity index (χ3v) is 4.74. The van der Waals surface area contributed by atoms with Crippen LogP contribution in [0.2, 0.25) is 0 Å². The molecule has 1 aromatic heterocycles. The van der Waals surface area contributed by atoms with Crippen molar-refractivity contribution in [1.82, 2.24) is 20.5 Å². The number of alkyl halides is 3. The molecule has 2 N–H and O–H groups in total. The van der Waals surface area contributed by atoms with E-state index >= 15 is 0 Å². The van der Waals surface area contributed by atoms with Gasteiger partial charge in [0.15, 0.2) is 11.7 Å². The molecule has 1 aliphatic rings. The molecule has 0 atom stereocenters. The van der Waals surface area contributed by atoms with Gasteiger partial charge in [0.05, 0.1) is 6.54 Å². The third kappa shape index (κ3) is 6.27. The van der Waals surface area contributed by atoms with E-state index in [9.17, 15) is 13.2 Å². The summed E-state index contributed by atoms with van der Waals surface area (Å²) in [5, 5.41) is 7.62. The van der Waals surface area contributed by atoms with Gasteiger partial charge in [-0.15, -0.1) is 11.3 Å². The highest BCUT2D eigenvalue weighted by Crippen LogP contribution is 2.29. The second-order valence-electron chi connectivity index (χ2n) is 5.73. The molecule has 136 valence electrons. The van der Waals surface area contributed by atoms with Crippen LogP contribution in [0.1, 0.15) is 36.4 Å². The van der Waals surface area contributed by atoms with E-state index in [1.807, 2.05) is 0 Å². The molecule has 1 fully saturated rings. The molecule has 9 heteroatoms. The largest absolute Gasteiger partial charge is 0.434 e. The maximum atomic E-state index is 12.5. The van der Waals surface area contributed by atoms with Crippen molar-refractivity contribution in [2.45, 2.75) is 38.4 Å². The average Bonchev–Trinajstić information content (AvgIpc) is 2.88. The van der Waals surface area contributed by atoms with Crippen LogP contribution >= 0.6 is 11.3 Å². The van der Waals surface area contributed by atoms with Crippen LogP contribution in [0, 0.1) is 0 Å². The quantitative estimate of drug-likeness (QED) is 0.624. The monoisotopic (exact) mass is 363 g/mol. The molecule has 24 heavy (non-hydrogen) atoms. The molecule has 1 saturated heterocycles. The summed E-state index contributed by atoms with van der Waals surface area (Å²) >= 11 is 0.993. The first-order valence-corrected chi connectivity index (χ1v) is 9.05. The van der Waals surface area contributed by atoms with Gasteiger partial charge < -0.3 is 15.5 Å². The van der Waals surface area contributed by atoms with Crippen LogP contribution in [0.5, 0.6) is 0 Å². The summed E-state index contributed by atoms with van der Waals surface area (Å²) in [5.74, 6) is 0.577. The van der Waals surface area contributed by atoms with E-state index in [1.54, 1.807) is 7.05 Å². The lowest BCUT2D eigenvalue weighted by molar-refractivity contribution is -0.140. The van der Waals surface area contributed by atoms with Crippen LogP contribution in [0.25, 0.3) is 0 Å². The minimum absolute atomic E-state index is 0.226. The molecule has 0 aliphatic carbocycles. The average molecular weight is 363 g/mol. The van der Waals surface area contributed by atoms with Gasteiger partial charge in [-0.2, -0.15) is 13.2 Å². The lowest BCUT2D eigenvalue weighted by Gasteiger charge is -2.20. The highest BCUT2D eigenvalue weighted by atomic mass is 32.1. The van der Waals surface area contributed by atoms with Crippen molar-refractivity contribution in [3.8, 4) is 0 Å². The molecular formula is C15H24F3N5S. The van der Waals surface area contributed by atoms with E-state index in [2.05, 4.69) is 25.5 Å². The van der Waals surface area contributed by atoms with Gasteiger partial charge >= 0.3 is 6.18 Å². The summed E-state index contributed by atoms with van der Waals surface area (Å²) in [5.41, 5.74) is -0.839. The number of thiazole rings is 1. The zero-order chi connectivity index (χ0) is 17.4. The fourth-order valence-electron chi connectivity index (χ4n) is 2.59. The molecular weight excluding hydrogens is 339 g/mol. The van der Waals surface area contributed by atoms with Crippen molar-refractivity contribution in [3.05, 3.63) is 16.1 Å². The number of rotatable bonds is 5. The predicted molar refractivity (Wildman–Crippen MR) is 90.2 cm³/mol. The molecule has 1 aromatic rings. The molecule has 2 heterocycles. The second kappa shape index (κ2) is 9.22. The highest BCUT2D eigenvalue weighted by molar-refractivity contribution is 7.09. The fourth-order valence-corrected chi connectivity index (χ4v) is 3.33. The van der Waals surface area contributed by atoms with Gasteiger partial charge in [0, 0.05) is 25.5 Å². The molecule has 5 nitrogen and oxygen atoms in total. The van der Waals surface area contributed by atoms with Crippen LogP contribution < -0.4 is 10.6 Å². The van der Waals surface area contributed by atoms with Crippen molar-refractivity contribution >= 4 is 17.3 Å². The smallest absolute Gasteiger partial charge is 0.355 e. The Bertz CT molecular complexity index is 521. The lowest BCUT2D eigenvalue weighted by atomic mass is 10.2. The zero-order valence-electron chi connectivity index (χ0n) is 13.8. The van der Waals surface area contributed by atoms with Crippen molar-refractivity contribution < 1.29 is 13.2 Å². The van der Waals surface area contributed by atoms with Crippen LogP contribution in [-0.2, 0) is 12.7 Å². The van der Waals surface area contributed by atoms with Gasteiger partial charge in [0.25, 0.3) is 0 Å². The van der Waals surface area contributed by atoms with Gasteiger partial charge in [-0.25, -0.2) is 4.98 Å². The maximum Gasteiger partial charge on any atom is 0.434 e. The first-order chi connectivity index (χ1) is 11.5. The number of hydrogen-bond donors (Lipinski definition) is 2. The van der Waals surface area contributed by atoms with Crippen LogP contribution in [-0.4, -0.2) is 49.1 Å². The number of aliphatic imine (C=N–C) groups is 1. The number of likely N-dealkylation sites (tertiary alicyclic amines) is 1. The Morgan fingerprint density at radius 3 is 2.54 bits per heavy atom. The van der Waals surface area contributed by atoms with E-state index in [4.69, 9.17) is 0 Å². The topological polar surface area (TPSA) is 52.6 Å². The van der Waals surface area contributed by atoms with Crippen LogP contribution in [0.4, 0.5) is 13.2 Å². The minimum Gasteiger partial charge on any atom is -0.355 e. The van der Waals surface area contributed by atoms with E-state index in [0.29, 0.717) is 11.0 Å². The second-order valence-corrected chi connectivity index (χ2v) is 6.68. The first-order valence-electron chi connectivity index (χ1n) is 8.17. The minimum atomic E-state index is -4.39. The van der Waals surface area contributed by atoms with E-state index in [0.717, 1.165) is 42.9 Å². The molecule has 0 bridgehead atoms. The fraction of sp³-hybridized carbons (Fsp3) is 0.733. The summed E-state index contributed by atoms with van der Waals surface area (Å²) in [6, 6.07) is 0. The molecule has 1 aliphatic heterocycles. The number of guanidine groups is 1. The molecule has 2 rings (SSSR count). The number of hydrogen-bond acceptors (Lipinski definition) is 4. The Labute approximate surface area is 144 Å². The SMILES string of the molecule is CN=C(NCCN1CCCCCC1)NCc1nc(C(F)(F)F)cs1. The van der Waals surface area contributed by atoms with E-state index in [1.165, 1.54) is 25.7 Å². The molecule has 0 unspecified atom stereocenters. The Kier molecular flexibility index (Phi) is 7.29. The normalized spacial score (nSPS) is 17.6. The summed E-state index contributed by atoms with van der Waals surface area (Å²) in [6.45, 7) is 4.19. The molecule has 0 aromatic carbocycles. The summed E-state index contributed by atoms with van der Waals surface area (Å²) in [6.07, 6.45) is 0.723. The molecule has 0 saturated carbocycles. The third-order valence-electron chi connectivity index (χ3n) is 3.89. The van der Waals surface area contributed by atoms with Crippen molar-refractivity contribution in [2.75, 3.05) is 33.2 Å². The Morgan fingerprint density at radius 2 is 1.96 bits per heavy atom. The first kappa shape index (κ1) is 19.0. The summed E-state index contributed by atoms with van der Waals surface area (Å²) in [4.78, 5) is 10.1. The van der Waals surface area contributed by atoms with E-state index in [-0.39, 0.29) is 6.54 Å². The van der Waals surface area contributed by atoms with Crippen molar-refractivity contribution in [1.29, 1.82) is 0 Å². The van der Waals surface area contributed by atoms with Gasteiger partial charge in [0.1, 0.15) is 5.01 Å². The molecule has 0 spiro atoms. The Balaban J connectivity index is 1.71. The maximum absolute atomic E-state index is 12.5. The molecule has 0 radical (unpaired) electrons. The van der Waals surface area contributed by atoms with Gasteiger partial charge in [-0.1, -0.05) is 12.8 Å². The Morgan fingerprint density at radius 1 is 1.25 bits per heavy atom. The van der Waals surface area contributed by atoms with Crippen LogP contribution in [0.3, 0.4) is 0 Å².